The van der Waals surface area contributed by atoms with E-state index >= 15 is 0 Å². The minimum absolute atomic E-state index is 0.116. The number of carbonyl (C=O) groups is 1. The molecule has 0 saturated carbocycles. The highest BCUT2D eigenvalue weighted by atomic mass is 16.2. The summed E-state index contributed by atoms with van der Waals surface area (Å²) in [5, 5.41) is 1.04. The van der Waals surface area contributed by atoms with Crippen LogP contribution in [0.5, 0.6) is 0 Å². The predicted molar refractivity (Wildman–Crippen MR) is 101 cm³/mol. The van der Waals surface area contributed by atoms with Gasteiger partial charge in [0.15, 0.2) is 0 Å². The summed E-state index contributed by atoms with van der Waals surface area (Å²) in [5.41, 5.74) is 2.73. The molecule has 1 N–H and O–H groups in total. The third-order valence-electron chi connectivity index (χ3n) is 4.94. The lowest BCUT2D eigenvalue weighted by atomic mass is 10.1. The number of aromatic amines is 1. The van der Waals surface area contributed by atoms with Crippen molar-refractivity contribution in [3.8, 4) is 11.3 Å². The number of fused-ring (bicyclic) bond motifs is 1. The molecule has 2 unspecified atom stereocenters. The summed E-state index contributed by atoms with van der Waals surface area (Å²) in [6.45, 7) is 7.22. The van der Waals surface area contributed by atoms with Crippen LogP contribution in [0.4, 0.5) is 5.95 Å². The summed E-state index contributed by atoms with van der Waals surface area (Å²) < 4.78 is 0. The molecule has 0 radical (unpaired) electrons. The van der Waals surface area contributed by atoms with Crippen LogP contribution in [-0.2, 0) is 4.79 Å². The third kappa shape index (κ3) is 2.79. The van der Waals surface area contributed by atoms with Crippen molar-refractivity contribution in [2.24, 2.45) is 0 Å². The number of H-pyrrole nitrogens is 1. The maximum absolute atomic E-state index is 11.9. The summed E-state index contributed by atoms with van der Waals surface area (Å²) in [4.78, 5) is 32.8. The molecule has 4 heterocycles. The lowest BCUT2D eigenvalue weighted by molar-refractivity contribution is -0.133. The predicted octanol–water partition coefficient (Wildman–Crippen LogP) is 2.47. The molecule has 3 aromatic rings. The van der Waals surface area contributed by atoms with E-state index in [4.69, 9.17) is 4.98 Å². The Bertz CT molecular complexity index is 940. The van der Waals surface area contributed by atoms with E-state index in [1.54, 1.807) is 19.3 Å². The van der Waals surface area contributed by atoms with Gasteiger partial charge in [0.2, 0.25) is 11.9 Å². The smallest absolute Gasteiger partial charge is 0.225 e. The molecule has 0 spiro atoms. The SMILES string of the molecule is CC(=O)N1C(C)CN(c2nccc(-c3c[nH]c4ncccc34)n2)CC1C. The number of hydrogen-bond donors (Lipinski definition) is 1. The topological polar surface area (TPSA) is 78.0 Å². The Morgan fingerprint density at radius 2 is 1.92 bits per heavy atom. The lowest BCUT2D eigenvalue weighted by Crippen LogP contribution is -2.58. The van der Waals surface area contributed by atoms with Crippen LogP contribution in [0, 0.1) is 0 Å². The Kier molecular flexibility index (Phi) is 4.06. The molecule has 134 valence electrons. The minimum Gasteiger partial charge on any atom is -0.345 e. The van der Waals surface area contributed by atoms with Crippen molar-refractivity contribution in [2.45, 2.75) is 32.9 Å². The van der Waals surface area contributed by atoms with Gasteiger partial charge in [-0.2, -0.15) is 0 Å². The summed E-state index contributed by atoms with van der Waals surface area (Å²) in [6, 6.07) is 6.12. The number of nitrogens with zero attached hydrogens (tertiary/aromatic N) is 5. The van der Waals surface area contributed by atoms with Crippen molar-refractivity contribution in [1.29, 1.82) is 0 Å². The fourth-order valence-corrected chi connectivity index (χ4v) is 3.93. The lowest BCUT2D eigenvalue weighted by Gasteiger charge is -2.44. The molecule has 1 saturated heterocycles. The minimum atomic E-state index is 0.116. The van der Waals surface area contributed by atoms with Gasteiger partial charge in [0.25, 0.3) is 0 Å². The van der Waals surface area contributed by atoms with Gasteiger partial charge in [0.1, 0.15) is 5.65 Å². The van der Waals surface area contributed by atoms with E-state index in [1.165, 1.54) is 0 Å². The van der Waals surface area contributed by atoms with E-state index in [9.17, 15) is 4.79 Å². The van der Waals surface area contributed by atoms with Crippen molar-refractivity contribution >= 4 is 22.9 Å². The van der Waals surface area contributed by atoms with E-state index in [0.29, 0.717) is 5.95 Å². The average Bonchev–Trinajstić information content (AvgIpc) is 3.05. The van der Waals surface area contributed by atoms with Crippen molar-refractivity contribution in [3.05, 3.63) is 36.8 Å². The molecule has 3 aromatic heterocycles. The van der Waals surface area contributed by atoms with E-state index in [0.717, 1.165) is 35.4 Å². The average molecular weight is 350 g/mol. The molecule has 2 atom stereocenters. The van der Waals surface area contributed by atoms with Gasteiger partial charge >= 0.3 is 0 Å². The fourth-order valence-electron chi connectivity index (χ4n) is 3.93. The standard InChI is InChI=1S/C19H22N6O/c1-12-10-24(11-13(2)25(12)14(3)26)19-21-8-6-17(23-19)16-9-22-18-15(16)5-4-7-20-18/h4-9,12-13H,10-11H2,1-3H3,(H,20,22). The number of nitrogens with one attached hydrogen (secondary N) is 1. The van der Waals surface area contributed by atoms with Gasteiger partial charge in [-0.3, -0.25) is 4.79 Å². The second-order valence-corrected chi connectivity index (χ2v) is 6.87. The first-order valence-corrected chi connectivity index (χ1v) is 8.84. The maximum Gasteiger partial charge on any atom is 0.225 e. The van der Waals surface area contributed by atoms with Gasteiger partial charge in [-0.15, -0.1) is 0 Å². The van der Waals surface area contributed by atoms with Crippen LogP contribution < -0.4 is 4.90 Å². The van der Waals surface area contributed by atoms with Gasteiger partial charge in [0, 0.05) is 61.6 Å². The zero-order chi connectivity index (χ0) is 18.3. The van der Waals surface area contributed by atoms with E-state index < -0.39 is 0 Å². The van der Waals surface area contributed by atoms with Crippen LogP contribution in [0.3, 0.4) is 0 Å². The first-order chi connectivity index (χ1) is 12.5. The Labute approximate surface area is 152 Å². The monoisotopic (exact) mass is 350 g/mol. The third-order valence-corrected chi connectivity index (χ3v) is 4.94. The zero-order valence-corrected chi connectivity index (χ0v) is 15.2. The van der Waals surface area contributed by atoms with Crippen LogP contribution in [0.1, 0.15) is 20.8 Å². The van der Waals surface area contributed by atoms with Crippen molar-refractivity contribution < 1.29 is 4.79 Å². The second-order valence-electron chi connectivity index (χ2n) is 6.87. The number of rotatable bonds is 2. The van der Waals surface area contributed by atoms with Gasteiger partial charge in [-0.1, -0.05) is 0 Å². The van der Waals surface area contributed by atoms with Crippen molar-refractivity contribution in [2.75, 3.05) is 18.0 Å². The number of carbonyl (C=O) groups excluding carboxylic acids is 1. The number of pyridine rings is 1. The van der Waals surface area contributed by atoms with E-state index in [1.807, 2.05) is 29.3 Å². The number of aromatic nitrogens is 4. The molecule has 1 aliphatic rings. The molecule has 1 amide bonds. The highest BCUT2D eigenvalue weighted by molar-refractivity contribution is 5.92. The van der Waals surface area contributed by atoms with Gasteiger partial charge in [0.05, 0.1) is 5.69 Å². The molecule has 1 fully saturated rings. The Morgan fingerprint density at radius 3 is 2.65 bits per heavy atom. The normalized spacial score (nSPS) is 20.6. The Hall–Kier alpha value is -2.96. The first-order valence-electron chi connectivity index (χ1n) is 8.84. The zero-order valence-electron chi connectivity index (χ0n) is 15.2. The first kappa shape index (κ1) is 16.5. The van der Waals surface area contributed by atoms with E-state index in [2.05, 4.69) is 33.7 Å². The number of anilines is 1. The van der Waals surface area contributed by atoms with Crippen molar-refractivity contribution in [1.82, 2.24) is 24.8 Å². The molecule has 7 nitrogen and oxygen atoms in total. The highest BCUT2D eigenvalue weighted by Gasteiger charge is 2.32. The van der Waals surface area contributed by atoms with Gasteiger partial charge in [-0.25, -0.2) is 15.0 Å². The molecule has 0 bridgehead atoms. The van der Waals surface area contributed by atoms with Gasteiger partial charge < -0.3 is 14.8 Å². The largest absolute Gasteiger partial charge is 0.345 e. The summed E-state index contributed by atoms with van der Waals surface area (Å²) in [5.74, 6) is 0.813. The Balaban J connectivity index is 1.65. The van der Waals surface area contributed by atoms with Crippen molar-refractivity contribution in [3.63, 3.8) is 0 Å². The fraction of sp³-hybridized carbons (Fsp3) is 0.368. The molecular formula is C19H22N6O. The molecule has 1 aliphatic heterocycles. The maximum atomic E-state index is 11.9. The van der Waals surface area contributed by atoms with Crippen LogP contribution in [-0.4, -0.2) is 55.9 Å². The van der Waals surface area contributed by atoms with Crippen LogP contribution in [0.2, 0.25) is 0 Å². The molecule has 0 aromatic carbocycles. The quantitative estimate of drug-likeness (QED) is 0.768. The van der Waals surface area contributed by atoms with Crippen LogP contribution in [0.15, 0.2) is 36.8 Å². The molecule has 26 heavy (non-hydrogen) atoms. The summed E-state index contributed by atoms with van der Waals surface area (Å²) >= 11 is 0. The summed E-state index contributed by atoms with van der Waals surface area (Å²) in [6.07, 6.45) is 5.49. The molecular weight excluding hydrogens is 328 g/mol. The number of amides is 1. The highest BCUT2D eigenvalue weighted by Crippen LogP contribution is 2.27. The summed E-state index contributed by atoms with van der Waals surface area (Å²) in [7, 11) is 0. The van der Waals surface area contributed by atoms with E-state index in [-0.39, 0.29) is 18.0 Å². The number of piperazine rings is 1. The molecule has 7 heteroatoms. The Morgan fingerprint density at radius 1 is 1.15 bits per heavy atom. The number of hydrogen-bond acceptors (Lipinski definition) is 5. The second kappa shape index (κ2) is 6.40. The molecule has 4 rings (SSSR count). The molecule has 0 aliphatic carbocycles. The van der Waals surface area contributed by atoms with Crippen LogP contribution >= 0.6 is 0 Å². The van der Waals surface area contributed by atoms with Gasteiger partial charge in [-0.05, 0) is 32.0 Å². The van der Waals surface area contributed by atoms with Crippen LogP contribution in [0.25, 0.3) is 22.3 Å².